The van der Waals surface area contributed by atoms with Gasteiger partial charge in [0.2, 0.25) is 0 Å². The second kappa shape index (κ2) is 6.98. The molecule has 162 valence electrons. The molecule has 4 aromatic heterocycles. The van der Waals surface area contributed by atoms with Crippen LogP contribution in [-0.4, -0.2) is 36.0 Å². The first-order valence-corrected chi connectivity index (χ1v) is 9.70. The molecule has 0 radical (unpaired) electrons. The number of rotatable bonds is 3. The smallest absolute Gasteiger partial charge is 0.334 e. The summed E-state index contributed by atoms with van der Waals surface area (Å²) in [6, 6.07) is 4.29. The Morgan fingerprint density at radius 3 is 2.47 bits per heavy atom. The van der Waals surface area contributed by atoms with Crippen LogP contribution in [-0.2, 0) is 14.1 Å². The highest BCUT2D eigenvalue weighted by atomic mass is 19.1. The van der Waals surface area contributed by atoms with Crippen molar-refractivity contribution in [1.82, 2.24) is 28.9 Å². The van der Waals surface area contributed by atoms with E-state index in [0.717, 1.165) is 27.6 Å². The summed E-state index contributed by atoms with van der Waals surface area (Å²) in [5, 5.41) is 4.99. The molecule has 4 heterocycles. The van der Waals surface area contributed by atoms with Gasteiger partial charge in [-0.15, -0.1) is 0 Å². The minimum atomic E-state index is -0.943. The predicted octanol–water partition coefficient (Wildman–Crippen LogP) is 3.27. The van der Waals surface area contributed by atoms with Gasteiger partial charge in [-0.2, -0.15) is 5.10 Å². The molecule has 8 nitrogen and oxygen atoms in total. The lowest BCUT2D eigenvalue weighted by atomic mass is 10.0. The average Bonchev–Trinajstić information content (AvgIpc) is 3.23. The van der Waals surface area contributed by atoms with Crippen molar-refractivity contribution in [2.75, 3.05) is 7.11 Å². The van der Waals surface area contributed by atoms with E-state index in [1.165, 1.54) is 10.8 Å². The lowest BCUT2D eigenvalue weighted by molar-refractivity contribution is 0.417. The summed E-state index contributed by atoms with van der Waals surface area (Å²) in [5.41, 5.74) is 3.29. The van der Waals surface area contributed by atoms with E-state index in [9.17, 15) is 13.6 Å². The summed E-state index contributed by atoms with van der Waals surface area (Å²) in [5.74, 6) is -1.48. The fraction of sp³-hybridized carbons (Fsp3) is 0.182. The third-order valence-corrected chi connectivity index (χ3v) is 5.51. The maximum absolute atomic E-state index is 14.7. The largest absolute Gasteiger partial charge is 0.496 e. The van der Waals surface area contributed by atoms with Gasteiger partial charge in [0.1, 0.15) is 11.6 Å². The number of benzene rings is 1. The van der Waals surface area contributed by atoms with Crippen LogP contribution in [0.1, 0.15) is 5.69 Å². The number of hydrogen-bond acceptors (Lipinski definition) is 5. The second-order valence-corrected chi connectivity index (χ2v) is 7.50. The Kier molecular flexibility index (Phi) is 4.33. The van der Waals surface area contributed by atoms with Crippen LogP contribution in [0.5, 0.6) is 5.75 Å². The summed E-state index contributed by atoms with van der Waals surface area (Å²) in [6.45, 7) is 1.88. The molecule has 0 aliphatic heterocycles. The number of methoxy groups -OCH3 is 1. The standard InChI is InChI=1S/C22H18F2N6O2/c1-11-15(10-28(2)27-11)13-6-14-17(7-19(13)32-4)25-9-18-20(14)30(22(31)29(18)3)21-16(24)5-12(23)8-26-21/h5-10H,1-4H3. The molecule has 0 amide bonds. The fourth-order valence-corrected chi connectivity index (χ4v) is 4.04. The number of halogens is 2. The molecule has 0 saturated carbocycles. The lowest BCUT2D eigenvalue weighted by Gasteiger charge is -2.11. The molecule has 32 heavy (non-hydrogen) atoms. The zero-order valence-electron chi connectivity index (χ0n) is 17.7. The number of fused-ring (bicyclic) bond motifs is 3. The van der Waals surface area contributed by atoms with Crippen LogP contribution >= 0.6 is 0 Å². The van der Waals surface area contributed by atoms with Crippen molar-refractivity contribution in [2.24, 2.45) is 14.1 Å². The minimum absolute atomic E-state index is 0.288. The van der Waals surface area contributed by atoms with E-state index in [1.807, 2.05) is 26.2 Å². The zero-order chi connectivity index (χ0) is 22.7. The molecule has 5 aromatic rings. The van der Waals surface area contributed by atoms with Gasteiger partial charge in [-0.3, -0.25) is 14.2 Å². The van der Waals surface area contributed by atoms with Crippen LogP contribution in [0.4, 0.5) is 8.78 Å². The van der Waals surface area contributed by atoms with Crippen molar-refractivity contribution < 1.29 is 13.5 Å². The van der Waals surface area contributed by atoms with Gasteiger partial charge in [-0.1, -0.05) is 0 Å². The molecule has 0 aliphatic rings. The van der Waals surface area contributed by atoms with Crippen molar-refractivity contribution in [3.8, 4) is 22.7 Å². The first kappa shape index (κ1) is 19.9. The number of pyridine rings is 2. The molecule has 0 saturated heterocycles. The Morgan fingerprint density at radius 2 is 1.81 bits per heavy atom. The average molecular weight is 436 g/mol. The Morgan fingerprint density at radius 1 is 1.03 bits per heavy atom. The molecular weight excluding hydrogens is 418 g/mol. The predicted molar refractivity (Wildman–Crippen MR) is 115 cm³/mol. The van der Waals surface area contributed by atoms with E-state index >= 15 is 0 Å². The van der Waals surface area contributed by atoms with E-state index in [0.29, 0.717) is 33.8 Å². The molecule has 0 unspecified atom stereocenters. The summed E-state index contributed by atoms with van der Waals surface area (Å²) in [7, 11) is 4.94. The zero-order valence-corrected chi connectivity index (χ0v) is 17.7. The minimum Gasteiger partial charge on any atom is -0.496 e. The number of hydrogen-bond donors (Lipinski definition) is 0. The van der Waals surface area contributed by atoms with E-state index < -0.39 is 17.3 Å². The van der Waals surface area contributed by atoms with Gasteiger partial charge in [0, 0.05) is 48.9 Å². The van der Waals surface area contributed by atoms with Gasteiger partial charge in [0.15, 0.2) is 11.6 Å². The van der Waals surface area contributed by atoms with Crippen LogP contribution in [0, 0.1) is 18.6 Å². The van der Waals surface area contributed by atoms with Crippen molar-refractivity contribution in [3.05, 3.63) is 64.6 Å². The number of aromatic nitrogens is 6. The summed E-state index contributed by atoms with van der Waals surface area (Å²) in [6.07, 6.45) is 4.28. The molecule has 1 aromatic carbocycles. The molecule has 5 rings (SSSR count). The van der Waals surface area contributed by atoms with Crippen LogP contribution in [0.3, 0.4) is 0 Å². The first-order valence-electron chi connectivity index (χ1n) is 9.70. The summed E-state index contributed by atoms with van der Waals surface area (Å²) >= 11 is 0. The van der Waals surface area contributed by atoms with Crippen molar-refractivity contribution in [1.29, 1.82) is 0 Å². The molecular formula is C22H18F2N6O2. The van der Waals surface area contributed by atoms with Crippen LogP contribution in [0.25, 0.3) is 38.9 Å². The number of aryl methyl sites for hydroxylation is 3. The highest BCUT2D eigenvalue weighted by molar-refractivity contribution is 6.05. The Hall–Kier alpha value is -4.08. The van der Waals surface area contributed by atoms with Crippen LogP contribution < -0.4 is 10.4 Å². The number of ether oxygens (including phenoxy) is 1. The quantitative estimate of drug-likeness (QED) is 0.434. The molecule has 0 aliphatic carbocycles. The van der Waals surface area contributed by atoms with Gasteiger partial charge in [-0.05, 0) is 13.0 Å². The van der Waals surface area contributed by atoms with Gasteiger partial charge < -0.3 is 4.74 Å². The van der Waals surface area contributed by atoms with Gasteiger partial charge in [0.25, 0.3) is 0 Å². The third-order valence-electron chi connectivity index (χ3n) is 5.51. The SMILES string of the molecule is COc1cc2ncc3c(c2cc1-c1cn(C)nc1C)n(-c1ncc(F)cc1F)c(=O)n3C. The van der Waals surface area contributed by atoms with Gasteiger partial charge >= 0.3 is 5.69 Å². The highest BCUT2D eigenvalue weighted by Gasteiger charge is 2.22. The van der Waals surface area contributed by atoms with Crippen molar-refractivity contribution in [2.45, 2.75) is 6.92 Å². The molecule has 10 heteroatoms. The number of imidazole rings is 1. The van der Waals surface area contributed by atoms with Gasteiger partial charge in [0.05, 0.1) is 41.7 Å². The molecule has 0 spiro atoms. The Balaban J connectivity index is 1.94. The maximum Gasteiger partial charge on any atom is 0.334 e. The first-order chi connectivity index (χ1) is 15.3. The Bertz CT molecular complexity index is 1600. The Labute approximate surface area is 180 Å². The molecule has 0 bridgehead atoms. The lowest BCUT2D eigenvalue weighted by Crippen LogP contribution is -2.22. The fourth-order valence-electron chi connectivity index (χ4n) is 4.04. The van der Waals surface area contributed by atoms with Gasteiger partial charge in [-0.25, -0.2) is 23.1 Å². The molecule has 0 N–H and O–H groups in total. The van der Waals surface area contributed by atoms with Crippen LogP contribution in [0.15, 0.2) is 41.6 Å². The van der Waals surface area contributed by atoms with E-state index in [-0.39, 0.29) is 5.82 Å². The second-order valence-electron chi connectivity index (χ2n) is 7.50. The normalized spacial score (nSPS) is 11.6. The van der Waals surface area contributed by atoms with Crippen molar-refractivity contribution >= 4 is 21.9 Å². The van der Waals surface area contributed by atoms with E-state index in [1.54, 1.807) is 24.9 Å². The van der Waals surface area contributed by atoms with Crippen molar-refractivity contribution in [3.63, 3.8) is 0 Å². The molecule has 0 fully saturated rings. The highest BCUT2D eigenvalue weighted by Crippen LogP contribution is 2.37. The van der Waals surface area contributed by atoms with E-state index in [4.69, 9.17) is 4.74 Å². The number of nitrogens with zero attached hydrogens (tertiary/aromatic N) is 6. The monoisotopic (exact) mass is 436 g/mol. The summed E-state index contributed by atoms with van der Waals surface area (Å²) < 4.78 is 37.9. The topological polar surface area (TPSA) is 79.8 Å². The maximum atomic E-state index is 14.7. The summed E-state index contributed by atoms with van der Waals surface area (Å²) in [4.78, 5) is 21.4. The third kappa shape index (κ3) is 2.79. The van der Waals surface area contributed by atoms with Crippen LogP contribution in [0.2, 0.25) is 0 Å². The van der Waals surface area contributed by atoms with E-state index in [2.05, 4.69) is 15.1 Å². The molecule has 0 atom stereocenters.